The summed E-state index contributed by atoms with van der Waals surface area (Å²) in [6.07, 6.45) is 3.72. The van der Waals surface area contributed by atoms with E-state index in [0.717, 1.165) is 25.9 Å². The Morgan fingerprint density at radius 1 is 1.25 bits per heavy atom. The van der Waals surface area contributed by atoms with Crippen LogP contribution in [0, 0.1) is 5.82 Å². The molecule has 1 fully saturated rings. The van der Waals surface area contributed by atoms with E-state index in [0.29, 0.717) is 27.6 Å². The van der Waals surface area contributed by atoms with Gasteiger partial charge in [0.25, 0.3) is 5.56 Å². The van der Waals surface area contributed by atoms with E-state index in [2.05, 4.69) is 22.0 Å². The minimum Gasteiger partial charge on any atom is -0.343 e. The molecule has 0 aliphatic carbocycles. The number of aromatic nitrogens is 4. The number of piperidine rings is 1. The van der Waals surface area contributed by atoms with E-state index in [1.807, 2.05) is 11.9 Å². The van der Waals surface area contributed by atoms with Crippen molar-refractivity contribution >= 4 is 28.7 Å². The third kappa shape index (κ3) is 3.71. The van der Waals surface area contributed by atoms with Gasteiger partial charge in [-0.3, -0.25) is 14.2 Å². The van der Waals surface area contributed by atoms with Gasteiger partial charge in [0.15, 0.2) is 10.8 Å². The molecule has 5 rings (SSSR count). The molecule has 1 atom stereocenters. The highest BCUT2D eigenvalue weighted by Crippen LogP contribution is 2.34. The molecule has 1 unspecified atom stereocenters. The lowest BCUT2D eigenvalue weighted by molar-refractivity contribution is -0.133. The van der Waals surface area contributed by atoms with Crippen LogP contribution >= 0.6 is 11.8 Å². The van der Waals surface area contributed by atoms with Crippen LogP contribution in [0.5, 0.6) is 0 Å². The molecule has 0 spiro atoms. The molecule has 0 saturated carbocycles. The van der Waals surface area contributed by atoms with Gasteiger partial charge in [0.2, 0.25) is 5.91 Å². The minimum atomic E-state index is -0.340. The average Bonchev–Trinajstić information content (AvgIpc) is 3.39. The lowest BCUT2D eigenvalue weighted by Gasteiger charge is -2.35. The highest BCUT2D eigenvalue weighted by Gasteiger charge is 2.32. The Morgan fingerprint density at radius 2 is 1.97 bits per heavy atom. The van der Waals surface area contributed by atoms with Gasteiger partial charge in [-0.2, -0.15) is 5.10 Å². The molecule has 32 heavy (non-hydrogen) atoms. The van der Waals surface area contributed by atoms with Crippen molar-refractivity contribution in [3.63, 3.8) is 0 Å². The first-order valence-corrected chi connectivity index (χ1v) is 11.7. The second-order valence-corrected chi connectivity index (χ2v) is 9.53. The van der Waals surface area contributed by atoms with Crippen LogP contribution in [-0.2, 0) is 4.79 Å². The largest absolute Gasteiger partial charge is 0.343 e. The van der Waals surface area contributed by atoms with Crippen LogP contribution in [0.1, 0.15) is 25.3 Å². The summed E-state index contributed by atoms with van der Waals surface area (Å²) < 4.78 is 16.5. The van der Waals surface area contributed by atoms with E-state index in [-0.39, 0.29) is 35.8 Å². The Labute approximate surface area is 189 Å². The monoisotopic (exact) mass is 456 g/mol. The standard InChI is InChI=1S/C22H25FN6O2S/c1-26-9-7-15(8-10-26)27(2)19(30)11-17-13-32-22-25-20-18(21(31)28(17)22)12-24-29(20)16-5-3-14(23)4-6-16/h3-6,12,15,17H,7-11,13H2,1-2H3. The maximum Gasteiger partial charge on any atom is 0.265 e. The molecule has 4 heterocycles. The van der Waals surface area contributed by atoms with Crippen LogP contribution in [-0.4, -0.2) is 74.0 Å². The summed E-state index contributed by atoms with van der Waals surface area (Å²) >= 11 is 1.48. The number of amides is 1. The van der Waals surface area contributed by atoms with Crippen molar-refractivity contribution in [2.45, 2.75) is 36.5 Å². The van der Waals surface area contributed by atoms with Gasteiger partial charge in [0.05, 0.1) is 17.9 Å². The predicted octanol–water partition coefficient (Wildman–Crippen LogP) is 2.31. The average molecular weight is 457 g/mol. The van der Waals surface area contributed by atoms with E-state index in [4.69, 9.17) is 0 Å². The molecule has 0 N–H and O–H groups in total. The van der Waals surface area contributed by atoms with E-state index in [1.54, 1.807) is 21.4 Å². The molecule has 1 aromatic carbocycles. The van der Waals surface area contributed by atoms with Gasteiger partial charge in [0, 0.05) is 25.3 Å². The van der Waals surface area contributed by atoms with Crippen molar-refractivity contribution in [1.29, 1.82) is 0 Å². The fourth-order valence-electron chi connectivity index (χ4n) is 4.48. The van der Waals surface area contributed by atoms with Crippen LogP contribution < -0.4 is 5.56 Å². The Morgan fingerprint density at radius 3 is 2.69 bits per heavy atom. The molecule has 3 aromatic rings. The number of carbonyl (C=O) groups is 1. The van der Waals surface area contributed by atoms with E-state index in [1.165, 1.54) is 30.1 Å². The van der Waals surface area contributed by atoms with Gasteiger partial charge in [-0.1, -0.05) is 11.8 Å². The first-order valence-electron chi connectivity index (χ1n) is 10.8. The predicted molar refractivity (Wildman–Crippen MR) is 121 cm³/mol. The summed E-state index contributed by atoms with van der Waals surface area (Å²) in [6.45, 7) is 1.98. The molecule has 2 aliphatic heterocycles. The fourth-order valence-corrected chi connectivity index (χ4v) is 5.61. The molecular formula is C22H25FN6O2S. The van der Waals surface area contributed by atoms with E-state index < -0.39 is 0 Å². The number of hydrogen-bond acceptors (Lipinski definition) is 6. The van der Waals surface area contributed by atoms with Gasteiger partial charge in [0.1, 0.15) is 11.2 Å². The summed E-state index contributed by atoms with van der Waals surface area (Å²) in [6, 6.07) is 5.91. The lowest BCUT2D eigenvalue weighted by atomic mass is 10.0. The van der Waals surface area contributed by atoms with Crippen LogP contribution in [0.3, 0.4) is 0 Å². The SMILES string of the molecule is CN1CCC(N(C)C(=O)CC2CSc3nc4c(cnn4-c4ccc(F)cc4)c(=O)n32)CC1. The quantitative estimate of drug-likeness (QED) is 0.561. The maximum atomic E-state index is 13.3. The number of thioether (sulfide) groups is 1. The molecule has 10 heteroatoms. The number of rotatable bonds is 4. The van der Waals surface area contributed by atoms with Crippen LogP contribution in [0.2, 0.25) is 0 Å². The third-order valence-electron chi connectivity index (χ3n) is 6.48. The first kappa shape index (κ1) is 21.1. The summed E-state index contributed by atoms with van der Waals surface area (Å²) in [5, 5.41) is 5.29. The van der Waals surface area contributed by atoms with E-state index >= 15 is 0 Å². The van der Waals surface area contributed by atoms with Gasteiger partial charge in [-0.05, 0) is 57.2 Å². The Kier molecular flexibility index (Phi) is 5.50. The van der Waals surface area contributed by atoms with Crippen LogP contribution in [0.15, 0.2) is 40.4 Å². The number of hydrogen-bond donors (Lipinski definition) is 0. The minimum absolute atomic E-state index is 0.0620. The highest BCUT2D eigenvalue weighted by atomic mass is 32.2. The molecule has 8 nitrogen and oxygen atoms in total. The molecular weight excluding hydrogens is 431 g/mol. The smallest absolute Gasteiger partial charge is 0.265 e. The van der Waals surface area contributed by atoms with Crippen LogP contribution in [0.4, 0.5) is 4.39 Å². The van der Waals surface area contributed by atoms with Gasteiger partial charge in [-0.15, -0.1) is 0 Å². The van der Waals surface area contributed by atoms with Crippen molar-refractivity contribution in [2.24, 2.45) is 0 Å². The third-order valence-corrected chi connectivity index (χ3v) is 7.58. The Bertz CT molecular complexity index is 1220. The summed E-state index contributed by atoms with van der Waals surface area (Å²) in [7, 11) is 3.97. The van der Waals surface area contributed by atoms with Crippen LogP contribution in [0.25, 0.3) is 16.7 Å². The van der Waals surface area contributed by atoms with Gasteiger partial charge < -0.3 is 9.80 Å². The fraction of sp³-hybridized carbons (Fsp3) is 0.455. The zero-order valence-electron chi connectivity index (χ0n) is 18.1. The Hall–Kier alpha value is -2.72. The molecule has 2 aromatic heterocycles. The molecule has 168 valence electrons. The molecule has 1 amide bonds. The summed E-state index contributed by atoms with van der Waals surface area (Å²) in [5.74, 6) is 0.352. The second kappa shape index (κ2) is 8.32. The molecule has 0 radical (unpaired) electrons. The van der Waals surface area contributed by atoms with Crippen molar-refractivity contribution in [1.82, 2.24) is 29.1 Å². The zero-order chi connectivity index (χ0) is 22.4. The summed E-state index contributed by atoms with van der Waals surface area (Å²) in [5.41, 5.74) is 0.881. The van der Waals surface area contributed by atoms with Crippen molar-refractivity contribution in [3.05, 3.63) is 46.6 Å². The second-order valence-electron chi connectivity index (χ2n) is 8.55. The van der Waals surface area contributed by atoms with Gasteiger partial charge in [-0.25, -0.2) is 14.1 Å². The zero-order valence-corrected chi connectivity index (χ0v) is 18.9. The number of benzene rings is 1. The lowest BCUT2D eigenvalue weighted by Crippen LogP contribution is -2.45. The van der Waals surface area contributed by atoms with Crippen molar-refractivity contribution in [3.8, 4) is 5.69 Å². The number of carbonyl (C=O) groups excluding carboxylic acids is 1. The molecule has 1 saturated heterocycles. The number of fused-ring (bicyclic) bond motifs is 2. The maximum absolute atomic E-state index is 13.3. The number of likely N-dealkylation sites (tertiary alicyclic amines) is 1. The molecule has 2 aliphatic rings. The van der Waals surface area contributed by atoms with Gasteiger partial charge >= 0.3 is 0 Å². The number of halogens is 1. The first-order chi connectivity index (χ1) is 15.4. The normalized spacial score (nSPS) is 19.4. The van der Waals surface area contributed by atoms with E-state index in [9.17, 15) is 14.0 Å². The van der Waals surface area contributed by atoms with Crippen molar-refractivity contribution in [2.75, 3.05) is 32.9 Å². The highest BCUT2D eigenvalue weighted by molar-refractivity contribution is 7.99. The Balaban J connectivity index is 1.40. The number of nitrogens with zero attached hydrogens (tertiary/aromatic N) is 6. The van der Waals surface area contributed by atoms with Crippen molar-refractivity contribution < 1.29 is 9.18 Å². The summed E-state index contributed by atoms with van der Waals surface area (Å²) in [4.78, 5) is 35.1. The topological polar surface area (TPSA) is 76.3 Å². The molecule has 0 bridgehead atoms.